The number of fused-ring (bicyclic) bond motifs is 1. The lowest BCUT2D eigenvalue weighted by atomic mass is 10.1. The lowest BCUT2D eigenvalue weighted by Crippen LogP contribution is -2.14. The van der Waals surface area contributed by atoms with Crippen molar-refractivity contribution >= 4 is 11.0 Å². The second-order valence-electron chi connectivity index (χ2n) is 4.06. The molecule has 0 bridgehead atoms. The summed E-state index contributed by atoms with van der Waals surface area (Å²) in [5.41, 5.74) is 2.20. The van der Waals surface area contributed by atoms with Gasteiger partial charge in [0.25, 0.3) is 0 Å². The average molecular weight is 215 g/mol. The highest BCUT2D eigenvalue weighted by molar-refractivity contribution is 5.78. The molecule has 2 heteroatoms. The maximum absolute atomic E-state index is 5.82. The zero-order chi connectivity index (χ0) is 11.5. The minimum atomic E-state index is 0.213. The van der Waals surface area contributed by atoms with E-state index in [1.54, 1.807) is 0 Å². The van der Waals surface area contributed by atoms with Crippen molar-refractivity contribution < 1.29 is 4.42 Å². The third kappa shape index (κ3) is 2.02. The maximum atomic E-state index is 5.82. The van der Waals surface area contributed by atoms with Gasteiger partial charge in [-0.25, -0.2) is 0 Å². The van der Waals surface area contributed by atoms with Crippen molar-refractivity contribution in [2.24, 2.45) is 0 Å². The van der Waals surface area contributed by atoms with Crippen molar-refractivity contribution in [2.45, 2.75) is 19.4 Å². The van der Waals surface area contributed by atoms with Gasteiger partial charge >= 0.3 is 0 Å². The van der Waals surface area contributed by atoms with Crippen molar-refractivity contribution in [3.8, 4) is 0 Å². The first-order chi connectivity index (χ1) is 7.74. The van der Waals surface area contributed by atoms with Crippen LogP contribution in [0, 0.1) is 6.92 Å². The zero-order valence-electron chi connectivity index (χ0n) is 9.79. The van der Waals surface area contributed by atoms with Gasteiger partial charge in [0, 0.05) is 5.39 Å². The quantitative estimate of drug-likeness (QED) is 0.789. The summed E-state index contributed by atoms with van der Waals surface area (Å²) in [4.78, 5) is 0. The Balaban J connectivity index is 2.41. The largest absolute Gasteiger partial charge is 0.459 e. The molecule has 0 aliphatic heterocycles. The molecule has 2 aromatic rings. The first-order valence-corrected chi connectivity index (χ1v) is 5.53. The van der Waals surface area contributed by atoms with Gasteiger partial charge in [-0.1, -0.05) is 17.7 Å². The van der Waals surface area contributed by atoms with Gasteiger partial charge in [0.2, 0.25) is 0 Å². The Hall–Kier alpha value is -1.54. The summed E-state index contributed by atoms with van der Waals surface area (Å²) in [6.45, 7) is 5.85. The molecule has 0 amide bonds. The van der Waals surface area contributed by atoms with Crippen LogP contribution in [0.4, 0.5) is 0 Å². The fourth-order valence-electron chi connectivity index (χ4n) is 1.90. The Morgan fingerprint density at radius 2 is 2.25 bits per heavy atom. The molecule has 0 aliphatic rings. The highest BCUT2D eigenvalue weighted by atomic mass is 16.3. The predicted octanol–water partition coefficient (Wildman–Crippen LogP) is 3.58. The van der Waals surface area contributed by atoms with Crippen molar-refractivity contribution in [2.75, 3.05) is 7.05 Å². The molecule has 0 fully saturated rings. The number of rotatable bonds is 4. The van der Waals surface area contributed by atoms with Crippen LogP contribution in [0.15, 0.2) is 41.3 Å². The molecule has 2 nitrogen and oxygen atoms in total. The molecule has 1 N–H and O–H groups in total. The standard InChI is InChI=1S/C14H17NO/c1-4-5-12(15-3)14-9-11-8-10(2)6-7-13(11)16-14/h4,6-9,12,15H,1,5H2,2-3H3. The van der Waals surface area contributed by atoms with E-state index >= 15 is 0 Å². The Morgan fingerprint density at radius 3 is 2.94 bits per heavy atom. The monoisotopic (exact) mass is 215 g/mol. The maximum Gasteiger partial charge on any atom is 0.134 e. The van der Waals surface area contributed by atoms with Gasteiger partial charge in [-0.15, -0.1) is 6.58 Å². The third-order valence-corrected chi connectivity index (χ3v) is 2.79. The van der Waals surface area contributed by atoms with Crippen LogP contribution in [0.5, 0.6) is 0 Å². The van der Waals surface area contributed by atoms with Crippen LogP contribution in [0.1, 0.15) is 23.8 Å². The molecular formula is C14H17NO. The van der Waals surface area contributed by atoms with Gasteiger partial charge in [-0.3, -0.25) is 0 Å². The summed E-state index contributed by atoms with van der Waals surface area (Å²) in [5, 5.41) is 4.40. The van der Waals surface area contributed by atoms with E-state index < -0.39 is 0 Å². The van der Waals surface area contributed by atoms with Crippen LogP contribution >= 0.6 is 0 Å². The minimum Gasteiger partial charge on any atom is -0.459 e. The second kappa shape index (κ2) is 4.54. The third-order valence-electron chi connectivity index (χ3n) is 2.79. The first kappa shape index (κ1) is 11.0. The van der Waals surface area contributed by atoms with E-state index in [-0.39, 0.29) is 6.04 Å². The Kier molecular flexibility index (Phi) is 3.11. The fraction of sp³-hybridized carbons (Fsp3) is 0.286. The van der Waals surface area contributed by atoms with Crippen molar-refractivity contribution in [3.05, 3.63) is 48.2 Å². The molecule has 0 saturated heterocycles. The van der Waals surface area contributed by atoms with E-state index in [9.17, 15) is 0 Å². The van der Waals surface area contributed by atoms with Gasteiger partial charge in [-0.05, 0) is 38.6 Å². The number of nitrogens with one attached hydrogen (secondary N) is 1. The van der Waals surface area contributed by atoms with Gasteiger partial charge in [0.15, 0.2) is 0 Å². The van der Waals surface area contributed by atoms with Crippen LogP contribution in [0.25, 0.3) is 11.0 Å². The molecule has 84 valence electrons. The van der Waals surface area contributed by atoms with E-state index in [0.717, 1.165) is 17.8 Å². The van der Waals surface area contributed by atoms with Gasteiger partial charge in [0.05, 0.1) is 6.04 Å². The molecule has 16 heavy (non-hydrogen) atoms. The van der Waals surface area contributed by atoms with E-state index in [0.29, 0.717) is 0 Å². The molecule has 0 saturated carbocycles. The molecule has 1 aromatic heterocycles. The SMILES string of the molecule is C=CCC(NC)c1cc2cc(C)ccc2o1. The molecule has 1 heterocycles. The van der Waals surface area contributed by atoms with Gasteiger partial charge in [0.1, 0.15) is 11.3 Å². The van der Waals surface area contributed by atoms with E-state index in [4.69, 9.17) is 4.42 Å². The highest BCUT2D eigenvalue weighted by Gasteiger charge is 2.12. The molecule has 0 radical (unpaired) electrons. The van der Waals surface area contributed by atoms with E-state index in [2.05, 4.69) is 37.0 Å². The highest BCUT2D eigenvalue weighted by Crippen LogP contribution is 2.26. The minimum absolute atomic E-state index is 0.213. The van der Waals surface area contributed by atoms with Crippen molar-refractivity contribution in [1.82, 2.24) is 5.32 Å². The lowest BCUT2D eigenvalue weighted by Gasteiger charge is -2.09. The van der Waals surface area contributed by atoms with Crippen LogP contribution < -0.4 is 5.32 Å². The van der Waals surface area contributed by atoms with Gasteiger partial charge in [-0.2, -0.15) is 0 Å². The van der Waals surface area contributed by atoms with Crippen molar-refractivity contribution in [1.29, 1.82) is 0 Å². The van der Waals surface area contributed by atoms with Gasteiger partial charge < -0.3 is 9.73 Å². The normalized spacial score (nSPS) is 12.9. The Bertz CT molecular complexity index is 498. The predicted molar refractivity (Wildman–Crippen MR) is 67.6 cm³/mol. The van der Waals surface area contributed by atoms with Crippen LogP contribution in [0.3, 0.4) is 0 Å². The number of furan rings is 1. The molecule has 0 spiro atoms. The Morgan fingerprint density at radius 1 is 1.44 bits per heavy atom. The second-order valence-corrected chi connectivity index (χ2v) is 4.06. The molecule has 1 unspecified atom stereocenters. The van der Waals surface area contributed by atoms with E-state index in [1.807, 2.05) is 19.2 Å². The van der Waals surface area contributed by atoms with E-state index in [1.165, 1.54) is 10.9 Å². The van der Waals surface area contributed by atoms with Crippen LogP contribution in [-0.2, 0) is 0 Å². The molecule has 0 aliphatic carbocycles. The van der Waals surface area contributed by atoms with Crippen LogP contribution in [-0.4, -0.2) is 7.05 Å². The summed E-state index contributed by atoms with van der Waals surface area (Å²) in [7, 11) is 1.94. The fourth-order valence-corrected chi connectivity index (χ4v) is 1.90. The smallest absolute Gasteiger partial charge is 0.134 e. The average Bonchev–Trinajstić information content (AvgIpc) is 2.68. The summed E-state index contributed by atoms with van der Waals surface area (Å²) >= 11 is 0. The molecular weight excluding hydrogens is 198 g/mol. The number of aryl methyl sites for hydroxylation is 1. The first-order valence-electron chi connectivity index (χ1n) is 5.53. The summed E-state index contributed by atoms with van der Waals surface area (Å²) in [6.07, 6.45) is 2.77. The van der Waals surface area contributed by atoms with Crippen molar-refractivity contribution in [3.63, 3.8) is 0 Å². The topological polar surface area (TPSA) is 25.2 Å². The molecule has 2 rings (SSSR count). The van der Waals surface area contributed by atoms with Crippen LogP contribution in [0.2, 0.25) is 0 Å². The molecule has 1 aromatic carbocycles. The number of benzene rings is 1. The summed E-state index contributed by atoms with van der Waals surface area (Å²) in [6, 6.07) is 8.55. The molecule has 1 atom stereocenters. The zero-order valence-corrected chi connectivity index (χ0v) is 9.79. The number of hydrogen-bond acceptors (Lipinski definition) is 2. The number of hydrogen-bond donors (Lipinski definition) is 1. The summed E-state index contributed by atoms with van der Waals surface area (Å²) in [5.74, 6) is 0.975. The summed E-state index contributed by atoms with van der Waals surface area (Å²) < 4.78 is 5.82. The lowest BCUT2D eigenvalue weighted by molar-refractivity contribution is 0.455. The Labute approximate surface area is 96.0 Å².